The van der Waals surface area contributed by atoms with Gasteiger partial charge in [0.05, 0.1) is 28.2 Å². The zero-order valence-corrected chi connectivity index (χ0v) is 16.6. The summed E-state index contributed by atoms with van der Waals surface area (Å²) in [4.78, 5) is 4.75. The van der Waals surface area contributed by atoms with Gasteiger partial charge in [0, 0.05) is 29.8 Å². The third-order valence-electron chi connectivity index (χ3n) is 5.51. The molecule has 1 saturated carbocycles. The van der Waals surface area contributed by atoms with E-state index in [4.69, 9.17) is 4.98 Å². The molecule has 0 radical (unpaired) electrons. The topological polar surface area (TPSA) is 48.5 Å². The van der Waals surface area contributed by atoms with Gasteiger partial charge in [0.15, 0.2) is 5.65 Å². The highest BCUT2D eigenvalue weighted by Gasteiger charge is 2.33. The molecule has 0 aliphatic heterocycles. The molecule has 0 spiro atoms. The Balaban J connectivity index is 1.81. The van der Waals surface area contributed by atoms with Gasteiger partial charge in [-0.15, -0.1) is 0 Å². The number of aromatic nitrogens is 5. The van der Waals surface area contributed by atoms with Crippen LogP contribution in [0.1, 0.15) is 49.1 Å². The molecule has 1 aromatic carbocycles. The molecule has 5 rings (SSSR count). The first-order chi connectivity index (χ1) is 14.5. The first kappa shape index (κ1) is 18.8. The number of aryl methyl sites for hydroxylation is 2. The van der Waals surface area contributed by atoms with E-state index in [1.165, 1.54) is 18.2 Å². The normalized spacial score (nSPS) is 14.2. The minimum atomic E-state index is -2.67. The Kier molecular flexibility index (Phi) is 4.38. The van der Waals surface area contributed by atoms with Gasteiger partial charge in [-0.2, -0.15) is 10.2 Å². The zero-order chi connectivity index (χ0) is 21.0. The number of halogens is 3. The van der Waals surface area contributed by atoms with Crippen LogP contribution in [0.5, 0.6) is 0 Å². The van der Waals surface area contributed by atoms with E-state index in [-0.39, 0.29) is 17.3 Å². The highest BCUT2D eigenvalue weighted by Crippen LogP contribution is 2.45. The summed E-state index contributed by atoms with van der Waals surface area (Å²) < 4.78 is 45.1. The predicted molar refractivity (Wildman–Crippen MR) is 107 cm³/mol. The van der Waals surface area contributed by atoms with Crippen LogP contribution >= 0.6 is 0 Å². The van der Waals surface area contributed by atoms with Crippen LogP contribution in [-0.2, 0) is 6.54 Å². The van der Waals surface area contributed by atoms with Gasteiger partial charge in [-0.1, -0.05) is 0 Å². The first-order valence-corrected chi connectivity index (χ1v) is 9.98. The number of hydrogen-bond donors (Lipinski definition) is 0. The molecule has 8 heteroatoms. The largest absolute Gasteiger partial charge is 0.272 e. The van der Waals surface area contributed by atoms with Crippen molar-refractivity contribution in [1.82, 2.24) is 24.5 Å². The van der Waals surface area contributed by atoms with E-state index < -0.39 is 6.43 Å². The van der Waals surface area contributed by atoms with Crippen LogP contribution in [0.4, 0.5) is 13.2 Å². The number of alkyl halides is 2. The van der Waals surface area contributed by atoms with E-state index >= 15 is 0 Å². The summed E-state index contributed by atoms with van der Waals surface area (Å²) in [6.07, 6.45) is 0.989. The summed E-state index contributed by atoms with van der Waals surface area (Å²) in [5, 5.41) is 9.47. The van der Waals surface area contributed by atoms with Crippen molar-refractivity contribution in [2.24, 2.45) is 0 Å². The van der Waals surface area contributed by atoms with Gasteiger partial charge in [-0.25, -0.2) is 22.8 Å². The molecule has 0 unspecified atom stereocenters. The van der Waals surface area contributed by atoms with Gasteiger partial charge in [0.1, 0.15) is 5.82 Å². The first-order valence-electron chi connectivity index (χ1n) is 9.98. The predicted octanol–water partition coefficient (Wildman–Crippen LogP) is 5.57. The fourth-order valence-corrected chi connectivity index (χ4v) is 3.82. The molecule has 5 nitrogen and oxygen atoms in total. The zero-order valence-electron chi connectivity index (χ0n) is 16.6. The van der Waals surface area contributed by atoms with Gasteiger partial charge in [-0.05, 0) is 57.0 Å². The summed E-state index contributed by atoms with van der Waals surface area (Å²) in [6, 6.07) is 7.27. The van der Waals surface area contributed by atoms with Crippen molar-refractivity contribution in [3.63, 3.8) is 0 Å². The minimum Gasteiger partial charge on any atom is -0.272 e. The van der Waals surface area contributed by atoms with Crippen molar-refractivity contribution in [2.75, 3.05) is 0 Å². The van der Waals surface area contributed by atoms with Crippen molar-refractivity contribution >= 4 is 11.0 Å². The summed E-state index contributed by atoms with van der Waals surface area (Å²) >= 11 is 0. The Labute approximate surface area is 171 Å². The van der Waals surface area contributed by atoms with Crippen LogP contribution in [0.2, 0.25) is 0 Å². The van der Waals surface area contributed by atoms with E-state index in [1.54, 1.807) is 21.5 Å². The third-order valence-corrected chi connectivity index (χ3v) is 5.51. The third kappa shape index (κ3) is 3.07. The second-order valence-corrected chi connectivity index (χ2v) is 7.63. The summed E-state index contributed by atoms with van der Waals surface area (Å²) in [7, 11) is 0. The van der Waals surface area contributed by atoms with Crippen molar-refractivity contribution in [3.8, 4) is 16.9 Å². The molecule has 0 bridgehead atoms. The van der Waals surface area contributed by atoms with Crippen molar-refractivity contribution in [2.45, 2.75) is 45.6 Å². The van der Waals surface area contributed by atoms with E-state index in [2.05, 4.69) is 10.2 Å². The molecular weight excluding hydrogens is 391 g/mol. The average Bonchev–Trinajstić information content (AvgIpc) is 3.40. The number of rotatable bonds is 5. The van der Waals surface area contributed by atoms with Crippen molar-refractivity contribution < 1.29 is 13.2 Å². The molecule has 30 heavy (non-hydrogen) atoms. The molecule has 3 heterocycles. The van der Waals surface area contributed by atoms with Crippen LogP contribution in [0.15, 0.2) is 36.5 Å². The summed E-state index contributed by atoms with van der Waals surface area (Å²) in [5.41, 5.74) is 3.37. The monoisotopic (exact) mass is 411 g/mol. The Hall–Kier alpha value is -3.16. The number of benzene rings is 1. The number of pyridine rings is 1. The Morgan fingerprint density at radius 3 is 2.47 bits per heavy atom. The van der Waals surface area contributed by atoms with E-state index in [1.807, 2.05) is 20.0 Å². The van der Waals surface area contributed by atoms with Gasteiger partial charge in [-0.3, -0.25) is 4.68 Å². The van der Waals surface area contributed by atoms with Gasteiger partial charge in [0.2, 0.25) is 0 Å². The van der Waals surface area contributed by atoms with Crippen LogP contribution in [0.3, 0.4) is 0 Å². The lowest BCUT2D eigenvalue weighted by Crippen LogP contribution is -2.00. The lowest BCUT2D eigenvalue weighted by atomic mass is 10.0. The lowest BCUT2D eigenvalue weighted by Gasteiger charge is -2.08. The van der Waals surface area contributed by atoms with Gasteiger partial charge >= 0.3 is 0 Å². The van der Waals surface area contributed by atoms with Gasteiger partial charge in [0.25, 0.3) is 6.43 Å². The van der Waals surface area contributed by atoms with Crippen LogP contribution < -0.4 is 0 Å². The molecule has 1 aliphatic rings. The molecule has 0 atom stereocenters. The maximum Gasteiger partial charge on any atom is 0.264 e. The number of nitrogens with zero attached hydrogens (tertiary/aromatic N) is 5. The molecule has 3 aromatic heterocycles. The Bertz CT molecular complexity index is 1240. The molecule has 0 N–H and O–H groups in total. The molecule has 1 fully saturated rings. The van der Waals surface area contributed by atoms with E-state index in [0.717, 1.165) is 18.5 Å². The van der Waals surface area contributed by atoms with Crippen molar-refractivity contribution in [3.05, 3.63) is 59.3 Å². The maximum atomic E-state index is 14.2. The molecule has 0 amide bonds. The van der Waals surface area contributed by atoms with Gasteiger partial charge < -0.3 is 0 Å². The van der Waals surface area contributed by atoms with Crippen LogP contribution in [0, 0.1) is 12.7 Å². The number of fused-ring (bicyclic) bond motifs is 1. The molecule has 1 aliphatic carbocycles. The fourth-order valence-electron chi connectivity index (χ4n) is 3.82. The number of hydrogen-bond acceptors (Lipinski definition) is 3. The molecule has 154 valence electrons. The smallest absolute Gasteiger partial charge is 0.264 e. The maximum absolute atomic E-state index is 14.2. The Morgan fingerprint density at radius 2 is 1.87 bits per heavy atom. The van der Waals surface area contributed by atoms with Crippen molar-refractivity contribution in [1.29, 1.82) is 0 Å². The highest BCUT2D eigenvalue weighted by atomic mass is 19.3. The SMILES string of the molecule is CCn1cc(-c2cc(C(F)F)c3c(C4CC4)nn(-c4ccc(F)cc4)c3n2)c(C)n1. The van der Waals surface area contributed by atoms with Crippen LogP contribution in [-0.4, -0.2) is 24.5 Å². The minimum absolute atomic E-state index is 0.0751. The summed E-state index contributed by atoms with van der Waals surface area (Å²) in [5.74, 6) is -0.217. The van der Waals surface area contributed by atoms with Crippen LogP contribution in [0.25, 0.3) is 28.0 Å². The molecule has 0 saturated heterocycles. The average molecular weight is 411 g/mol. The second kappa shape index (κ2) is 6.97. The Morgan fingerprint density at radius 1 is 1.13 bits per heavy atom. The lowest BCUT2D eigenvalue weighted by molar-refractivity contribution is 0.153. The fraction of sp³-hybridized carbons (Fsp3) is 0.318. The van der Waals surface area contributed by atoms with E-state index in [0.29, 0.717) is 40.2 Å². The second-order valence-electron chi connectivity index (χ2n) is 7.63. The quantitative estimate of drug-likeness (QED) is 0.432. The molecule has 4 aromatic rings. The highest BCUT2D eigenvalue weighted by molar-refractivity contribution is 5.87. The molecular formula is C22H20F3N5. The van der Waals surface area contributed by atoms with E-state index in [9.17, 15) is 13.2 Å². The summed E-state index contributed by atoms with van der Waals surface area (Å²) in [6.45, 7) is 4.47. The standard InChI is InChI=1S/C22H20F3N5/c1-3-29-11-17(12(2)27-29)18-10-16(21(24)25)19-20(13-4-5-13)28-30(22(19)26-18)15-8-6-14(23)7-9-15/h6-11,13,21H,3-5H2,1-2H3.